The molecule has 9 rings (SSSR count). The number of anilines is 1. The third-order valence-corrected chi connectivity index (χ3v) is 13.7. The van der Waals surface area contributed by atoms with E-state index in [0.29, 0.717) is 35.1 Å². The highest BCUT2D eigenvalue weighted by atomic mass is 16.2. The molecule has 3 amide bonds. The van der Waals surface area contributed by atoms with E-state index in [0.717, 1.165) is 62.5 Å². The second kappa shape index (κ2) is 12.1. The van der Waals surface area contributed by atoms with Crippen LogP contribution in [0.15, 0.2) is 36.5 Å². The van der Waals surface area contributed by atoms with Crippen molar-refractivity contribution in [3.63, 3.8) is 0 Å². The molecule has 8 heteroatoms. The minimum absolute atomic E-state index is 0.128. The Kier molecular flexibility index (Phi) is 7.99. The summed E-state index contributed by atoms with van der Waals surface area (Å²) in [4.78, 5) is 42.2. The summed E-state index contributed by atoms with van der Waals surface area (Å²) < 4.78 is 1.58. The Labute approximate surface area is 279 Å². The number of rotatable bonds is 11. The van der Waals surface area contributed by atoms with Gasteiger partial charge >= 0.3 is 0 Å². The third-order valence-electron chi connectivity index (χ3n) is 13.7. The normalized spacial score (nSPS) is 31.1. The molecule has 7 aliphatic rings. The van der Waals surface area contributed by atoms with Crippen LogP contribution in [0, 0.1) is 46.8 Å². The van der Waals surface area contributed by atoms with E-state index in [-0.39, 0.29) is 29.1 Å². The van der Waals surface area contributed by atoms with Gasteiger partial charge in [-0.2, -0.15) is 5.10 Å². The first-order valence-electron chi connectivity index (χ1n) is 18.7. The van der Waals surface area contributed by atoms with Gasteiger partial charge in [0, 0.05) is 25.5 Å². The first-order valence-corrected chi connectivity index (χ1v) is 18.7. The zero-order valence-electron chi connectivity index (χ0n) is 28.3. The molecule has 7 saturated carbocycles. The lowest BCUT2D eigenvalue weighted by atomic mass is 9.48. The topological polar surface area (TPSA) is 105 Å². The molecule has 2 atom stereocenters. The van der Waals surface area contributed by atoms with E-state index < -0.39 is 11.5 Å². The fraction of sp³-hybridized carbons (Fsp3) is 0.692. The molecule has 1 heterocycles. The van der Waals surface area contributed by atoms with E-state index >= 15 is 0 Å². The van der Waals surface area contributed by atoms with Gasteiger partial charge < -0.3 is 16.0 Å². The molecule has 8 nitrogen and oxygen atoms in total. The first-order chi connectivity index (χ1) is 22.7. The van der Waals surface area contributed by atoms with Crippen molar-refractivity contribution >= 4 is 23.4 Å². The summed E-state index contributed by atoms with van der Waals surface area (Å²) in [5.41, 5.74) is 1.81. The second-order valence-corrected chi connectivity index (χ2v) is 16.9. The van der Waals surface area contributed by atoms with Crippen LogP contribution in [-0.4, -0.2) is 40.1 Å². The van der Waals surface area contributed by atoms with Crippen LogP contribution in [0.25, 0.3) is 0 Å². The summed E-state index contributed by atoms with van der Waals surface area (Å²) in [7, 11) is 1.77. The van der Waals surface area contributed by atoms with E-state index in [1.54, 1.807) is 24.0 Å². The van der Waals surface area contributed by atoms with E-state index in [1.165, 1.54) is 51.4 Å². The summed E-state index contributed by atoms with van der Waals surface area (Å²) in [5, 5.41) is 14.1. The Hall–Kier alpha value is -3.16. The fourth-order valence-electron chi connectivity index (χ4n) is 11.2. The Balaban J connectivity index is 1.07. The Morgan fingerprint density at radius 3 is 2.23 bits per heavy atom. The highest BCUT2D eigenvalue weighted by molar-refractivity contribution is 6.01. The third kappa shape index (κ3) is 5.82. The van der Waals surface area contributed by atoms with Crippen LogP contribution >= 0.6 is 0 Å². The standard InChI is InChI=1S/C39H53N5O3/c1-38(12-6-13-38)23-40-37(47)39(14-3-4-15-39)29-7-5-8-30(22-29)42-36(46)34(43-35(45)31-11-16-41-44(31)2)33(26-9-10-26)32-27-18-24-17-25(20-27)21-28(32)19-24/h5,7-8,11,16,22,24-28,32-34H,3-4,6,9-10,12-15,17-21,23H2,1-2H3,(H,40,47)(H,42,46)(H,43,45)/t24?,25?,27?,28?,32?,33?,34-/m0/s1. The van der Waals surface area contributed by atoms with E-state index in [2.05, 4.69) is 34.0 Å². The van der Waals surface area contributed by atoms with Crippen molar-refractivity contribution in [1.82, 2.24) is 20.4 Å². The number of hydrogen-bond donors (Lipinski definition) is 3. The number of amides is 3. The number of aryl methyl sites for hydroxylation is 1. The van der Waals surface area contributed by atoms with Crippen LogP contribution < -0.4 is 16.0 Å². The molecule has 252 valence electrons. The van der Waals surface area contributed by atoms with Gasteiger partial charge in [-0.1, -0.05) is 38.3 Å². The maximum atomic E-state index is 14.6. The molecule has 1 aromatic heterocycles. The summed E-state index contributed by atoms with van der Waals surface area (Å²) in [5.74, 6) is 3.85. The SMILES string of the molecule is Cn1nccc1C(=O)N[C@H](C(=O)Nc1cccc(C2(C(=O)NCC3(C)CCC3)CCCC2)c1)C(C1CC1)C1C2CC3CC(C2)CC1C3. The molecule has 7 fully saturated rings. The maximum absolute atomic E-state index is 14.6. The predicted octanol–water partition coefficient (Wildman–Crippen LogP) is 6.37. The van der Waals surface area contributed by atoms with Crippen LogP contribution in [0.3, 0.4) is 0 Å². The number of nitrogens with one attached hydrogen (secondary N) is 3. The average molecular weight is 640 g/mol. The van der Waals surface area contributed by atoms with Crippen LogP contribution in [0.1, 0.15) is 113 Å². The summed E-state index contributed by atoms with van der Waals surface area (Å²) in [6.07, 6.45) is 17.7. The largest absolute Gasteiger partial charge is 0.355 e. The van der Waals surface area contributed by atoms with E-state index in [1.807, 2.05) is 18.2 Å². The monoisotopic (exact) mass is 639 g/mol. The van der Waals surface area contributed by atoms with Gasteiger partial charge in [-0.3, -0.25) is 19.1 Å². The van der Waals surface area contributed by atoms with Crippen LogP contribution in [0.4, 0.5) is 5.69 Å². The molecule has 0 spiro atoms. The molecule has 47 heavy (non-hydrogen) atoms. The molecule has 1 unspecified atom stereocenters. The van der Waals surface area contributed by atoms with Crippen molar-refractivity contribution < 1.29 is 14.4 Å². The number of hydrogen-bond acceptors (Lipinski definition) is 4. The van der Waals surface area contributed by atoms with Gasteiger partial charge in [0.05, 0.1) is 5.41 Å². The smallest absolute Gasteiger partial charge is 0.270 e. The first kappa shape index (κ1) is 31.1. The van der Waals surface area contributed by atoms with Gasteiger partial charge in [-0.15, -0.1) is 0 Å². The average Bonchev–Trinajstić information content (AvgIpc) is 3.57. The van der Waals surface area contributed by atoms with Crippen LogP contribution in [-0.2, 0) is 22.1 Å². The van der Waals surface area contributed by atoms with Crippen LogP contribution in [0.5, 0.6) is 0 Å². The van der Waals surface area contributed by atoms with Crippen molar-refractivity contribution in [3.05, 3.63) is 47.8 Å². The predicted molar refractivity (Wildman–Crippen MR) is 181 cm³/mol. The van der Waals surface area contributed by atoms with Crippen LogP contribution in [0.2, 0.25) is 0 Å². The lowest BCUT2D eigenvalue weighted by Gasteiger charge is -2.57. The Morgan fingerprint density at radius 2 is 1.64 bits per heavy atom. The van der Waals surface area contributed by atoms with Gasteiger partial charge in [0.15, 0.2) is 0 Å². The Morgan fingerprint density at radius 1 is 0.936 bits per heavy atom. The lowest BCUT2D eigenvalue weighted by molar-refractivity contribution is -0.127. The zero-order valence-corrected chi connectivity index (χ0v) is 28.3. The minimum atomic E-state index is -0.622. The second-order valence-electron chi connectivity index (χ2n) is 16.9. The number of aromatic nitrogens is 2. The van der Waals surface area contributed by atoms with Gasteiger partial charge in [0.1, 0.15) is 11.7 Å². The van der Waals surface area contributed by atoms with Crippen molar-refractivity contribution in [2.45, 2.75) is 108 Å². The summed E-state index contributed by atoms with van der Waals surface area (Å²) >= 11 is 0. The highest BCUT2D eigenvalue weighted by Gasteiger charge is 2.56. The number of carbonyl (C=O) groups is 3. The Bertz CT molecular complexity index is 1490. The molecule has 0 aliphatic heterocycles. The minimum Gasteiger partial charge on any atom is -0.355 e. The molecule has 4 bridgehead atoms. The van der Waals surface area contributed by atoms with Crippen molar-refractivity contribution in [1.29, 1.82) is 0 Å². The molecule has 0 saturated heterocycles. The number of carbonyl (C=O) groups excluding carboxylic acids is 3. The molecular formula is C39H53N5O3. The zero-order chi connectivity index (χ0) is 32.3. The number of nitrogens with zero attached hydrogens (tertiary/aromatic N) is 2. The molecule has 2 aromatic rings. The van der Waals surface area contributed by atoms with Crippen molar-refractivity contribution in [3.8, 4) is 0 Å². The van der Waals surface area contributed by atoms with Gasteiger partial charge in [0.25, 0.3) is 5.91 Å². The van der Waals surface area contributed by atoms with Crippen molar-refractivity contribution in [2.75, 3.05) is 11.9 Å². The van der Waals surface area contributed by atoms with E-state index in [9.17, 15) is 14.4 Å². The molecule has 0 radical (unpaired) electrons. The molecular weight excluding hydrogens is 586 g/mol. The van der Waals surface area contributed by atoms with Gasteiger partial charge in [-0.25, -0.2) is 0 Å². The summed E-state index contributed by atoms with van der Waals surface area (Å²) in [6, 6.07) is 9.11. The van der Waals surface area contributed by atoms with Gasteiger partial charge in [-0.05, 0) is 141 Å². The molecule has 1 aromatic carbocycles. The molecule has 3 N–H and O–H groups in total. The van der Waals surface area contributed by atoms with Crippen molar-refractivity contribution in [2.24, 2.45) is 53.9 Å². The summed E-state index contributed by atoms with van der Waals surface area (Å²) in [6.45, 7) is 3.01. The lowest BCUT2D eigenvalue weighted by Crippen LogP contribution is -2.57. The fourth-order valence-corrected chi connectivity index (χ4v) is 11.2. The van der Waals surface area contributed by atoms with E-state index in [4.69, 9.17) is 0 Å². The number of benzene rings is 1. The van der Waals surface area contributed by atoms with Gasteiger partial charge in [0.2, 0.25) is 11.8 Å². The highest BCUT2D eigenvalue weighted by Crippen LogP contribution is 2.61. The molecule has 7 aliphatic carbocycles. The maximum Gasteiger partial charge on any atom is 0.270 e. The quantitative estimate of drug-likeness (QED) is 0.266.